The fourth-order valence-electron chi connectivity index (χ4n) is 4.11. The smallest absolute Gasteiger partial charge is 0.274 e. The summed E-state index contributed by atoms with van der Waals surface area (Å²) in [6.07, 6.45) is 4.98. The number of nitrogens with one attached hydrogen (secondary N) is 2. The number of rotatable bonds is 13. The summed E-state index contributed by atoms with van der Waals surface area (Å²) in [6.45, 7) is 4.27. The standard InChI is InChI=1S/C29H35N7O4S/c1-5-21-17-31-29(32-18-21)33-19-23-15-27(36(3)24-8-12-25(39-4)13-9-24)34-28(16-23)40-26-10-6-22(7-11-26)14-20(2)35-41(30,37)38/h6-13,15-18,20,35H,5,14,19H2,1-4H3,(H2,30,37,38)(H,31,32,33). The molecule has 216 valence electrons. The molecule has 41 heavy (non-hydrogen) atoms. The molecular formula is C29H35N7O4S. The van der Waals surface area contributed by atoms with Gasteiger partial charge in [0.05, 0.1) is 7.11 Å². The highest BCUT2D eigenvalue weighted by atomic mass is 32.2. The van der Waals surface area contributed by atoms with Crippen LogP contribution in [-0.4, -0.2) is 43.6 Å². The van der Waals surface area contributed by atoms with E-state index in [4.69, 9.17) is 19.6 Å². The predicted molar refractivity (Wildman–Crippen MR) is 160 cm³/mol. The molecule has 2 aromatic carbocycles. The average Bonchev–Trinajstić information content (AvgIpc) is 2.96. The lowest BCUT2D eigenvalue weighted by molar-refractivity contribution is 0.415. The Bertz CT molecular complexity index is 1530. The van der Waals surface area contributed by atoms with Gasteiger partial charge in [-0.25, -0.2) is 15.1 Å². The number of anilines is 3. The Morgan fingerprint density at radius 3 is 2.22 bits per heavy atom. The van der Waals surface area contributed by atoms with Gasteiger partial charge in [-0.2, -0.15) is 18.1 Å². The Labute approximate surface area is 241 Å². The normalized spacial score (nSPS) is 12.0. The zero-order valence-electron chi connectivity index (χ0n) is 23.5. The third-order valence-corrected chi connectivity index (χ3v) is 7.00. The molecule has 4 rings (SSSR count). The number of nitrogens with zero attached hydrogens (tertiary/aromatic N) is 4. The van der Waals surface area contributed by atoms with Gasteiger partial charge in [0.25, 0.3) is 10.2 Å². The largest absolute Gasteiger partial charge is 0.497 e. The lowest BCUT2D eigenvalue weighted by Gasteiger charge is -2.20. The Kier molecular flexibility index (Phi) is 9.71. The van der Waals surface area contributed by atoms with Gasteiger partial charge < -0.3 is 19.7 Å². The van der Waals surface area contributed by atoms with Crippen LogP contribution in [0.1, 0.15) is 30.5 Å². The van der Waals surface area contributed by atoms with Gasteiger partial charge >= 0.3 is 0 Å². The maximum absolute atomic E-state index is 11.3. The molecule has 0 saturated carbocycles. The van der Waals surface area contributed by atoms with Crippen molar-refractivity contribution in [2.24, 2.45) is 5.14 Å². The number of aryl methyl sites for hydroxylation is 1. The summed E-state index contributed by atoms with van der Waals surface area (Å²) >= 11 is 0. The molecule has 0 saturated heterocycles. The maximum Gasteiger partial charge on any atom is 0.274 e. The van der Waals surface area contributed by atoms with Crippen molar-refractivity contribution < 1.29 is 17.9 Å². The molecule has 2 aromatic heterocycles. The zero-order chi connectivity index (χ0) is 29.4. The number of benzene rings is 2. The van der Waals surface area contributed by atoms with Crippen molar-refractivity contribution in [2.45, 2.75) is 39.3 Å². The van der Waals surface area contributed by atoms with Gasteiger partial charge in [0.1, 0.15) is 17.3 Å². The molecule has 0 aliphatic heterocycles. The third kappa shape index (κ3) is 8.87. The van der Waals surface area contributed by atoms with Gasteiger partial charge in [-0.15, -0.1) is 0 Å². The van der Waals surface area contributed by atoms with Crippen molar-refractivity contribution in [3.05, 3.63) is 89.7 Å². The van der Waals surface area contributed by atoms with E-state index in [0.29, 0.717) is 36.4 Å². The van der Waals surface area contributed by atoms with Crippen LogP contribution >= 0.6 is 0 Å². The fourth-order valence-corrected chi connectivity index (χ4v) is 4.75. The van der Waals surface area contributed by atoms with Crippen molar-refractivity contribution in [2.75, 3.05) is 24.4 Å². The summed E-state index contributed by atoms with van der Waals surface area (Å²) < 4.78 is 36.4. The Morgan fingerprint density at radius 1 is 0.951 bits per heavy atom. The second-order valence-electron chi connectivity index (χ2n) is 9.56. The first-order chi connectivity index (χ1) is 19.6. The first-order valence-corrected chi connectivity index (χ1v) is 14.7. The summed E-state index contributed by atoms with van der Waals surface area (Å²) in [5, 5.41) is 8.34. The molecule has 0 amide bonds. The zero-order valence-corrected chi connectivity index (χ0v) is 24.4. The minimum absolute atomic E-state index is 0.346. The molecule has 0 fully saturated rings. The van der Waals surface area contributed by atoms with E-state index in [1.165, 1.54) is 0 Å². The van der Waals surface area contributed by atoms with Crippen molar-refractivity contribution in [1.29, 1.82) is 0 Å². The molecule has 12 heteroatoms. The first kappa shape index (κ1) is 29.7. The molecule has 4 N–H and O–H groups in total. The van der Waals surface area contributed by atoms with E-state index in [-0.39, 0.29) is 6.04 Å². The van der Waals surface area contributed by atoms with Gasteiger partial charge in [0.15, 0.2) is 0 Å². The molecule has 0 aliphatic carbocycles. The molecule has 0 bridgehead atoms. The summed E-state index contributed by atoms with van der Waals surface area (Å²) in [5.74, 6) is 3.00. The SMILES string of the molecule is CCc1cnc(NCc2cc(Oc3ccc(CC(C)NS(N)(=O)=O)cc3)nc(N(C)c3ccc(OC)cc3)c2)nc1. The minimum Gasteiger partial charge on any atom is -0.497 e. The Morgan fingerprint density at radius 2 is 1.61 bits per heavy atom. The highest BCUT2D eigenvalue weighted by Gasteiger charge is 2.13. The van der Waals surface area contributed by atoms with Crippen molar-refractivity contribution >= 4 is 27.7 Å². The highest BCUT2D eigenvalue weighted by Crippen LogP contribution is 2.29. The van der Waals surface area contributed by atoms with E-state index in [1.807, 2.05) is 85.0 Å². The molecule has 4 aromatic rings. The molecule has 2 heterocycles. The second-order valence-corrected chi connectivity index (χ2v) is 10.9. The molecule has 0 spiro atoms. The summed E-state index contributed by atoms with van der Waals surface area (Å²) in [5.41, 5.74) is 3.85. The molecule has 0 radical (unpaired) electrons. The van der Waals surface area contributed by atoms with Gasteiger partial charge in [0.2, 0.25) is 11.8 Å². The predicted octanol–water partition coefficient (Wildman–Crippen LogP) is 4.34. The summed E-state index contributed by atoms with van der Waals surface area (Å²) in [7, 11) is -0.196. The Hall–Kier alpha value is -4.26. The second kappa shape index (κ2) is 13.4. The third-order valence-electron chi connectivity index (χ3n) is 6.27. The number of hydrogen-bond donors (Lipinski definition) is 3. The van der Waals surface area contributed by atoms with E-state index in [0.717, 1.165) is 34.5 Å². The number of hydrogen-bond acceptors (Lipinski definition) is 9. The van der Waals surface area contributed by atoms with E-state index in [9.17, 15) is 8.42 Å². The molecule has 11 nitrogen and oxygen atoms in total. The van der Waals surface area contributed by atoms with Crippen LogP contribution in [0.3, 0.4) is 0 Å². The molecule has 1 atom stereocenters. The van der Waals surface area contributed by atoms with Crippen molar-refractivity contribution in [1.82, 2.24) is 19.7 Å². The van der Waals surface area contributed by atoms with Crippen LogP contribution < -0.4 is 29.6 Å². The lowest BCUT2D eigenvalue weighted by Crippen LogP contribution is -2.38. The minimum atomic E-state index is -3.76. The summed E-state index contributed by atoms with van der Waals surface area (Å²) in [4.78, 5) is 15.5. The van der Waals surface area contributed by atoms with Crippen LogP contribution in [0.4, 0.5) is 17.5 Å². The van der Waals surface area contributed by atoms with Crippen LogP contribution in [0.5, 0.6) is 17.4 Å². The Balaban J connectivity index is 1.55. The summed E-state index contributed by atoms with van der Waals surface area (Å²) in [6, 6.07) is 18.6. The van der Waals surface area contributed by atoms with Gasteiger partial charge in [-0.3, -0.25) is 0 Å². The number of methoxy groups -OCH3 is 1. The van der Waals surface area contributed by atoms with Crippen LogP contribution in [0.2, 0.25) is 0 Å². The van der Waals surface area contributed by atoms with E-state index < -0.39 is 10.2 Å². The average molecular weight is 578 g/mol. The number of nitrogens with two attached hydrogens (primary N) is 1. The van der Waals surface area contributed by atoms with Gasteiger partial charge in [-0.1, -0.05) is 19.1 Å². The van der Waals surface area contributed by atoms with Gasteiger partial charge in [0, 0.05) is 43.8 Å². The molecule has 0 aliphatic rings. The quantitative estimate of drug-likeness (QED) is 0.211. The van der Waals surface area contributed by atoms with Gasteiger partial charge in [-0.05, 0) is 78.9 Å². The van der Waals surface area contributed by atoms with Crippen LogP contribution in [0.15, 0.2) is 73.1 Å². The number of pyridine rings is 1. The molecule has 1 unspecified atom stereocenters. The van der Waals surface area contributed by atoms with Crippen molar-refractivity contribution in [3.8, 4) is 17.4 Å². The number of aromatic nitrogens is 3. The maximum atomic E-state index is 11.3. The van der Waals surface area contributed by atoms with E-state index in [1.54, 1.807) is 14.0 Å². The monoisotopic (exact) mass is 577 g/mol. The van der Waals surface area contributed by atoms with Crippen molar-refractivity contribution in [3.63, 3.8) is 0 Å². The molecular weight excluding hydrogens is 542 g/mol. The van der Waals surface area contributed by atoms with Crippen LogP contribution in [0, 0.1) is 0 Å². The van der Waals surface area contributed by atoms with Crippen LogP contribution in [0.25, 0.3) is 0 Å². The lowest BCUT2D eigenvalue weighted by atomic mass is 10.1. The topological polar surface area (TPSA) is 145 Å². The number of ether oxygens (including phenoxy) is 2. The first-order valence-electron chi connectivity index (χ1n) is 13.1. The highest BCUT2D eigenvalue weighted by molar-refractivity contribution is 7.87. The fraction of sp³-hybridized carbons (Fsp3) is 0.276. The van der Waals surface area contributed by atoms with E-state index in [2.05, 4.69) is 26.9 Å². The van der Waals surface area contributed by atoms with Crippen LogP contribution in [-0.2, 0) is 29.6 Å². The van der Waals surface area contributed by atoms with E-state index >= 15 is 0 Å².